The van der Waals surface area contributed by atoms with Crippen LogP contribution in [0.1, 0.15) is 44.9 Å². The van der Waals surface area contributed by atoms with Crippen LogP contribution in [0.15, 0.2) is 0 Å². The lowest BCUT2D eigenvalue weighted by Gasteiger charge is -2.25. The van der Waals surface area contributed by atoms with Crippen LogP contribution in [0.2, 0.25) is 0 Å². The van der Waals surface area contributed by atoms with Gasteiger partial charge in [-0.3, -0.25) is 0 Å². The number of amides is 2. The minimum atomic E-state index is 0.181. The largest absolute Gasteiger partial charge is 0.333 e. The lowest BCUT2D eigenvalue weighted by Crippen LogP contribution is -2.34. The zero-order chi connectivity index (χ0) is 13.1. The predicted octanol–water partition coefficient (Wildman–Crippen LogP) is 1.96. The lowest BCUT2D eigenvalue weighted by atomic mass is 9.96. The van der Waals surface area contributed by atoms with E-state index in [0.29, 0.717) is 6.04 Å². The maximum atomic E-state index is 12.0. The second kappa shape index (κ2) is 6.12. The number of carbonyl (C=O) groups excluding carboxylic acids is 1. The van der Waals surface area contributed by atoms with E-state index in [-0.39, 0.29) is 6.03 Å². The molecule has 2 aliphatic heterocycles. The van der Waals surface area contributed by atoms with Crippen molar-refractivity contribution in [1.29, 1.82) is 0 Å². The minimum Gasteiger partial charge on any atom is -0.333 e. The van der Waals surface area contributed by atoms with Gasteiger partial charge in [-0.15, -0.1) is 0 Å². The molecule has 3 aliphatic rings. The van der Waals surface area contributed by atoms with Crippen molar-refractivity contribution in [3.63, 3.8) is 0 Å². The molecule has 3 rings (SSSR count). The van der Waals surface area contributed by atoms with Gasteiger partial charge in [-0.1, -0.05) is 12.8 Å². The van der Waals surface area contributed by atoms with Gasteiger partial charge in [-0.2, -0.15) is 0 Å². The van der Waals surface area contributed by atoms with Crippen LogP contribution in [0.5, 0.6) is 0 Å². The number of piperidine rings is 1. The molecule has 2 N–H and O–H groups in total. The topological polar surface area (TPSA) is 44.4 Å². The van der Waals surface area contributed by atoms with E-state index in [0.717, 1.165) is 37.9 Å². The van der Waals surface area contributed by atoms with Gasteiger partial charge in [0.2, 0.25) is 0 Å². The Bertz CT molecular complexity index is 309. The summed E-state index contributed by atoms with van der Waals surface area (Å²) in [7, 11) is 0. The molecule has 0 aromatic rings. The molecule has 0 spiro atoms. The van der Waals surface area contributed by atoms with Crippen molar-refractivity contribution < 1.29 is 4.79 Å². The molecule has 0 bridgehead atoms. The van der Waals surface area contributed by atoms with Crippen molar-refractivity contribution in [3.8, 4) is 0 Å². The third kappa shape index (κ3) is 3.22. The monoisotopic (exact) mass is 265 g/mol. The van der Waals surface area contributed by atoms with Crippen molar-refractivity contribution in [2.75, 3.05) is 26.2 Å². The summed E-state index contributed by atoms with van der Waals surface area (Å²) in [5.41, 5.74) is 0. The van der Waals surface area contributed by atoms with Crippen LogP contribution in [0.25, 0.3) is 0 Å². The lowest BCUT2D eigenvalue weighted by molar-refractivity contribution is 0.211. The van der Waals surface area contributed by atoms with E-state index in [1.54, 1.807) is 0 Å². The van der Waals surface area contributed by atoms with Gasteiger partial charge in [0.05, 0.1) is 6.04 Å². The number of nitrogens with one attached hydrogen (secondary N) is 2. The average molecular weight is 265 g/mol. The number of carbonyl (C=O) groups is 1. The quantitative estimate of drug-likeness (QED) is 0.816. The zero-order valence-electron chi connectivity index (χ0n) is 11.9. The summed E-state index contributed by atoms with van der Waals surface area (Å²) in [6, 6.07) is 0.611. The molecule has 2 saturated heterocycles. The van der Waals surface area contributed by atoms with Gasteiger partial charge in [0, 0.05) is 13.1 Å². The first-order valence-corrected chi connectivity index (χ1v) is 8.09. The Morgan fingerprint density at radius 2 is 2.00 bits per heavy atom. The molecule has 3 fully saturated rings. The first kappa shape index (κ1) is 13.2. The molecule has 108 valence electrons. The van der Waals surface area contributed by atoms with E-state index < -0.39 is 0 Å². The van der Waals surface area contributed by atoms with E-state index in [1.165, 1.54) is 45.1 Å². The molecule has 2 heterocycles. The minimum absolute atomic E-state index is 0.181. The smallest absolute Gasteiger partial charge is 0.317 e. The summed E-state index contributed by atoms with van der Waals surface area (Å²) < 4.78 is 0. The van der Waals surface area contributed by atoms with Crippen LogP contribution < -0.4 is 10.6 Å². The Kier molecular flexibility index (Phi) is 4.26. The van der Waals surface area contributed by atoms with Crippen molar-refractivity contribution in [2.45, 2.75) is 51.0 Å². The van der Waals surface area contributed by atoms with E-state index >= 15 is 0 Å². The summed E-state index contributed by atoms with van der Waals surface area (Å²) in [4.78, 5) is 14.1. The maximum absolute atomic E-state index is 12.0. The van der Waals surface area contributed by atoms with Gasteiger partial charge in [-0.25, -0.2) is 4.79 Å². The Hall–Kier alpha value is -0.770. The summed E-state index contributed by atoms with van der Waals surface area (Å²) >= 11 is 0. The van der Waals surface area contributed by atoms with Gasteiger partial charge < -0.3 is 15.5 Å². The molecule has 0 radical (unpaired) electrons. The highest BCUT2D eigenvalue weighted by Crippen LogP contribution is 2.30. The molecule has 2 atom stereocenters. The molecular weight excluding hydrogens is 238 g/mol. The number of urea groups is 1. The van der Waals surface area contributed by atoms with Crippen molar-refractivity contribution in [3.05, 3.63) is 0 Å². The van der Waals surface area contributed by atoms with Gasteiger partial charge in [0.25, 0.3) is 0 Å². The Morgan fingerprint density at radius 1 is 1.16 bits per heavy atom. The van der Waals surface area contributed by atoms with Gasteiger partial charge >= 0.3 is 6.03 Å². The predicted molar refractivity (Wildman–Crippen MR) is 76.1 cm³/mol. The number of rotatable bonds is 4. The molecule has 0 aromatic heterocycles. The fourth-order valence-corrected chi connectivity index (χ4v) is 3.94. The molecule has 1 saturated carbocycles. The first-order chi connectivity index (χ1) is 9.33. The van der Waals surface area contributed by atoms with E-state index in [4.69, 9.17) is 0 Å². The molecule has 4 heteroatoms. The van der Waals surface area contributed by atoms with Gasteiger partial charge in [-0.05, 0) is 57.0 Å². The third-order valence-electron chi connectivity index (χ3n) is 5.19. The zero-order valence-corrected chi connectivity index (χ0v) is 11.9. The summed E-state index contributed by atoms with van der Waals surface area (Å²) in [6.07, 6.45) is 9.11. The fourth-order valence-electron chi connectivity index (χ4n) is 3.94. The highest BCUT2D eigenvalue weighted by molar-refractivity contribution is 5.76. The summed E-state index contributed by atoms with van der Waals surface area (Å²) in [6.45, 7) is 4.21. The highest BCUT2D eigenvalue weighted by Gasteiger charge is 2.35. The SMILES string of the molecule is O=C1NC(C2CCCC2)CN1CCC1CCCNC1. The van der Waals surface area contributed by atoms with E-state index in [2.05, 4.69) is 15.5 Å². The normalized spacial score (nSPS) is 32.8. The standard InChI is InChI=1S/C15H27N3O/c19-15-17-14(13-5-1-2-6-13)11-18(15)9-7-12-4-3-8-16-10-12/h12-14,16H,1-11H2,(H,17,19). The molecule has 19 heavy (non-hydrogen) atoms. The number of hydrogen-bond acceptors (Lipinski definition) is 2. The Balaban J connectivity index is 1.44. The molecule has 4 nitrogen and oxygen atoms in total. The van der Waals surface area contributed by atoms with Gasteiger partial charge in [0.1, 0.15) is 0 Å². The van der Waals surface area contributed by atoms with Crippen molar-refractivity contribution in [1.82, 2.24) is 15.5 Å². The number of nitrogens with zero attached hydrogens (tertiary/aromatic N) is 1. The summed E-state index contributed by atoms with van der Waals surface area (Å²) in [5, 5.41) is 6.66. The second-order valence-corrected chi connectivity index (χ2v) is 6.55. The second-order valence-electron chi connectivity index (χ2n) is 6.55. The van der Waals surface area contributed by atoms with Crippen LogP contribution in [0, 0.1) is 11.8 Å². The molecule has 0 aromatic carbocycles. The van der Waals surface area contributed by atoms with E-state index in [9.17, 15) is 4.79 Å². The summed E-state index contributed by atoms with van der Waals surface area (Å²) in [5.74, 6) is 1.51. The average Bonchev–Trinajstić information content (AvgIpc) is 3.07. The van der Waals surface area contributed by atoms with Crippen molar-refractivity contribution in [2.24, 2.45) is 11.8 Å². The van der Waals surface area contributed by atoms with Gasteiger partial charge in [0.15, 0.2) is 0 Å². The molecule has 1 aliphatic carbocycles. The molecule has 2 unspecified atom stereocenters. The molecule has 2 amide bonds. The van der Waals surface area contributed by atoms with Crippen LogP contribution in [0.3, 0.4) is 0 Å². The van der Waals surface area contributed by atoms with Crippen LogP contribution in [-0.4, -0.2) is 43.2 Å². The van der Waals surface area contributed by atoms with Crippen molar-refractivity contribution >= 4 is 6.03 Å². The van der Waals surface area contributed by atoms with E-state index in [1.807, 2.05) is 0 Å². The maximum Gasteiger partial charge on any atom is 0.317 e. The van der Waals surface area contributed by atoms with Crippen LogP contribution in [0.4, 0.5) is 4.79 Å². The Labute approximate surface area is 116 Å². The fraction of sp³-hybridized carbons (Fsp3) is 0.933. The third-order valence-corrected chi connectivity index (χ3v) is 5.19. The van der Waals surface area contributed by atoms with Crippen LogP contribution >= 0.6 is 0 Å². The first-order valence-electron chi connectivity index (χ1n) is 8.09. The Morgan fingerprint density at radius 3 is 2.74 bits per heavy atom. The van der Waals surface area contributed by atoms with Crippen LogP contribution in [-0.2, 0) is 0 Å². The highest BCUT2D eigenvalue weighted by atomic mass is 16.2. The number of hydrogen-bond donors (Lipinski definition) is 2. The molecular formula is C15H27N3O.